The van der Waals surface area contributed by atoms with Crippen molar-refractivity contribution in [3.63, 3.8) is 0 Å². The van der Waals surface area contributed by atoms with Crippen molar-refractivity contribution in [1.82, 2.24) is 20.4 Å². The molecule has 2 amide bonds. The number of nitrogens with two attached hydrogens (primary N) is 1. The van der Waals surface area contributed by atoms with Gasteiger partial charge in [0.25, 0.3) is 0 Å². The molecule has 3 rings (SSSR count). The summed E-state index contributed by atoms with van der Waals surface area (Å²) in [5, 5.41) is 18.6. The minimum Gasteiger partial charge on any atom is -0.421 e. The van der Waals surface area contributed by atoms with Crippen molar-refractivity contribution in [2.75, 3.05) is 58.2 Å². The fourth-order valence-corrected chi connectivity index (χ4v) is 3.10. The summed E-state index contributed by atoms with van der Waals surface area (Å²) in [6, 6.07) is 5.22. The van der Waals surface area contributed by atoms with Crippen LogP contribution < -0.4 is 11.1 Å². The van der Waals surface area contributed by atoms with Crippen LogP contribution in [-0.4, -0.2) is 85.1 Å². The Kier molecular flexibility index (Phi) is 19.0. The third-order valence-electron chi connectivity index (χ3n) is 4.85. The maximum atomic E-state index is 12.5. The third-order valence-corrected chi connectivity index (χ3v) is 4.85. The van der Waals surface area contributed by atoms with E-state index in [-0.39, 0.29) is 32.0 Å². The lowest BCUT2D eigenvalue weighted by Crippen LogP contribution is -2.16. The minimum atomic E-state index is -0.394. The maximum absolute atomic E-state index is 12.5. The Morgan fingerprint density at radius 3 is 1.45 bits per heavy atom. The summed E-state index contributed by atoms with van der Waals surface area (Å²) in [5.41, 5.74) is 6.72. The number of primary amides is 1. The first kappa shape index (κ1) is 36.3. The van der Waals surface area contributed by atoms with Crippen molar-refractivity contribution in [1.29, 1.82) is 0 Å². The van der Waals surface area contributed by atoms with Gasteiger partial charge in [-0.1, -0.05) is 27.7 Å². The molecule has 0 saturated carbocycles. The molecule has 0 unspecified atom stereocenters. The first-order chi connectivity index (χ1) is 20.4. The topological polar surface area (TPSA) is 187 Å². The number of rotatable bonds is 18. The van der Waals surface area contributed by atoms with E-state index in [9.17, 15) is 9.59 Å². The lowest BCUT2D eigenvalue weighted by atomic mass is 10.1. The molecule has 0 aliphatic carbocycles. The SMILES string of the molecule is CC.CC.Cc1nnc(-c2cc(NC(=O)CCOCCOCCOCCOCCC(N)=O)cc(-c3nnc(C)o3)c2)o1. The van der Waals surface area contributed by atoms with Gasteiger partial charge in [0.1, 0.15) is 0 Å². The second-order valence-corrected chi connectivity index (χ2v) is 8.02. The monoisotopic (exact) mass is 592 g/mol. The van der Waals surface area contributed by atoms with Crippen molar-refractivity contribution in [2.45, 2.75) is 54.4 Å². The fraction of sp³-hybridized carbons (Fsp3) is 0.571. The second-order valence-electron chi connectivity index (χ2n) is 8.02. The molecule has 1 aromatic carbocycles. The van der Waals surface area contributed by atoms with E-state index in [1.165, 1.54) is 0 Å². The molecular weight excluding hydrogens is 548 g/mol. The molecule has 0 aliphatic rings. The number of hydrogen-bond donors (Lipinski definition) is 2. The Morgan fingerprint density at radius 2 is 1.07 bits per heavy atom. The minimum absolute atomic E-state index is 0.151. The highest BCUT2D eigenvalue weighted by molar-refractivity contribution is 5.92. The van der Waals surface area contributed by atoms with E-state index in [1.807, 2.05) is 27.7 Å². The Hall–Kier alpha value is -3.72. The summed E-state index contributed by atoms with van der Waals surface area (Å²) in [6.07, 6.45) is 0.346. The zero-order valence-corrected chi connectivity index (χ0v) is 25.4. The predicted molar refractivity (Wildman–Crippen MR) is 156 cm³/mol. The molecule has 2 heterocycles. The number of amides is 2. The number of aromatic nitrogens is 4. The normalized spacial score (nSPS) is 10.3. The van der Waals surface area contributed by atoms with Gasteiger partial charge in [-0.3, -0.25) is 9.59 Å². The molecule has 0 bridgehead atoms. The van der Waals surface area contributed by atoms with Crippen molar-refractivity contribution in [3.8, 4) is 22.9 Å². The number of nitrogens with zero attached hydrogens (tertiary/aromatic N) is 4. The molecule has 2 aromatic heterocycles. The van der Waals surface area contributed by atoms with Gasteiger partial charge in [0, 0.05) is 37.1 Å². The van der Waals surface area contributed by atoms with Crippen LogP contribution >= 0.6 is 0 Å². The Bertz CT molecular complexity index is 1110. The quantitative estimate of drug-likeness (QED) is 0.204. The number of anilines is 1. The van der Waals surface area contributed by atoms with Gasteiger partial charge in [0.05, 0.1) is 59.3 Å². The summed E-state index contributed by atoms with van der Waals surface area (Å²) < 4.78 is 32.5. The Morgan fingerprint density at radius 1 is 0.667 bits per heavy atom. The van der Waals surface area contributed by atoms with E-state index in [4.69, 9.17) is 33.5 Å². The summed E-state index contributed by atoms with van der Waals surface area (Å²) >= 11 is 0. The molecule has 42 heavy (non-hydrogen) atoms. The standard InChI is InChI=1S/C24H32N6O8.2C2H6/c1-16-27-29-23(37-16)18-13-19(24-30-28-17(2)38-24)15-20(14-18)26-22(32)4-6-34-8-10-36-12-11-35-9-7-33-5-3-21(25)31;2*1-2/h13-15H,3-12H2,1-2H3,(H2,25,31)(H,26,32);2*1-2H3. The first-order valence-corrected chi connectivity index (χ1v) is 14.1. The lowest BCUT2D eigenvalue weighted by Gasteiger charge is -2.09. The second kappa shape index (κ2) is 22.0. The predicted octanol–water partition coefficient (Wildman–Crippen LogP) is 3.73. The van der Waals surface area contributed by atoms with Crippen molar-refractivity contribution in [2.24, 2.45) is 5.73 Å². The molecular formula is C28H44N6O8. The molecule has 0 spiro atoms. The van der Waals surface area contributed by atoms with Crippen LogP contribution in [0.4, 0.5) is 5.69 Å². The first-order valence-electron chi connectivity index (χ1n) is 14.1. The zero-order valence-electron chi connectivity index (χ0n) is 25.4. The number of benzene rings is 1. The van der Waals surface area contributed by atoms with Crippen molar-refractivity contribution < 1.29 is 37.4 Å². The lowest BCUT2D eigenvalue weighted by molar-refractivity contribution is -0.119. The highest BCUT2D eigenvalue weighted by Gasteiger charge is 2.15. The molecule has 14 heteroatoms. The van der Waals surface area contributed by atoms with Crippen molar-refractivity contribution >= 4 is 17.5 Å². The molecule has 0 fully saturated rings. The van der Waals surface area contributed by atoms with Crippen LogP contribution in [0.25, 0.3) is 22.9 Å². The number of carbonyl (C=O) groups is 2. The Labute approximate surface area is 246 Å². The number of hydrogen-bond acceptors (Lipinski definition) is 12. The van der Waals surface area contributed by atoms with E-state index in [1.54, 1.807) is 32.0 Å². The smallest absolute Gasteiger partial charge is 0.247 e. The van der Waals surface area contributed by atoms with Crippen LogP contribution in [0, 0.1) is 13.8 Å². The van der Waals surface area contributed by atoms with Crippen LogP contribution in [0.1, 0.15) is 52.3 Å². The van der Waals surface area contributed by atoms with Gasteiger partial charge in [-0.25, -0.2) is 0 Å². The van der Waals surface area contributed by atoms with Crippen LogP contribution in [0.5, 0.6) is 0 Å². The van der Waals surface area contributed by atoms with Crippen molar-refractivity contribution in [3.05, 3.63) is 30.0 Å². The van der Waals surface area contributed by atoms with E-state index < -0.39 is 5.91 Å². The van der Waals surface area contributed by atoms with E-state index in [0.717, 1.165) is 0 Å². The van der Waals surface area contributed by atoms with Gasteiger partial charge in [0.15, 0.2) is 0 Å². The fourth-order valence-electron chi connectivity index (χ4n) is 3.10. The van der Waals surface area contributed by atoms with E-state index in [0.29, 0.717) is 80.0 Å². The summed E-state index contributed by atoms with van der Waals surface area (Å²) in [7, 11) is 0. The maximum Gasteiger partial charge on any atom is 0.247 e. The number of ether oxygens (including phenoxy) is 4. The molecule has 0 radical (unpaired) electrons. The highest BCUT2D eigenvalue weighted by atomic mass is 16.6. The average Bonchev–Trinajstić information content (AvgIpc) is 3.63. The summed E-state index contributed by atoms with van der Waals surface area (Å²) in [6.45, 7) is 14.2. The summed E-state index contributed by atoms with van der Waals surface area (Å²) in [4.78, 5) is 23.0. The molecule has 3 N–H and O–H groups in total. The van der Waals surface area contributed by atoms with Crippen LogP contribution in [0.3, 0.4) is 0 Å². The summed E-state index contributed by atoms with van der Waals surface area (Å²) in [5.74, 6) is 0.818. The molecule has 14 nitrogen and oxygen atoms in total. The molecule has 0 atom stereocenters. The van der Waals surface area contributed by atoms with Crippen LogP contribution in [-0.2, 0) is 28.5 Å². The van der Waals surface area contributed by atoms with Gasteiger partial charge in [0.2, 0.25) is 35.4 Å². The number of carbonyl (C=O) groups excluding carboxylic acids is 2. The molecule has 0 saturated heterocycles. The van der Waals surface area contributed by atoms with Gasteiger partial charge < -0.3 is 38.8 Å². The molecule has 234 valence electrons. The van der Waals surface area contributed by atoms with Crippen LogP contribution in [0.2, 0.25) is 0 Å². The van der Waals surface area contributed by atoms with E-state index >= 15 is 0 Å². The van der Waals surface area contributed by atoms with Gasteiger partial charge in [-0.2, -0.15) is 0 Å². The van der Waals surface area contributed by atoms with Gasteiger partial charge >= 0.3 is 0 Å². The van der Waals surface area contributed by atoms with E-state index in [2.05, 4.69) is 25.7 Å². The van der Waals surface area contributed by atoms with Crippen LogP contribution in [0.15, 0.2) is 27.0 Å². The molecule has 3 aromatic rings. The largest absolute Gasteiger partial charge is 0.421 e. The highest BCUT2D eigenvalue weighted by Crippen LogP contribution is 2.29. The average molecular weight is 593 g/mol. The van der Waals surface area contributed by atoms with Gasteiger partial charge in [-0.15, -0.1) is 20.4 Å². The Balaban J connectivity index is 0.00000211. The number of nitrogens with one attached hydrogen (secondary N) is 1. The number of aryl methyl sites for hydroxylation is 2. The zero-order chi connectivity index (χ0) is 31.2. The molecule has 0 aliphatic heterocycles. The van der Waals surface area contributed by atoms with Gasteiger partial charge in [-0.05, 0) is 18.2 Å². The third kappa shape index (κ3) is 14.8.